The Balaban J connectivity index is 2.01. The molecule has 0 unspecified atom stereocenters. The Kier molecular flexibility index (Phi) is 4.24. The van der Waals surface area contributed by atoms with Crippen LogP contribution in [0.4, 0.5) is 0 Å². The van der Waals surface area contributed by atoms with E-state index in [9.17, 15) is 18.3 Å². The maximum Gasteiger partial charge on any atom is 0.335 e. The van der Waals surface area contributed by atoms with Crippen LogP contribution in [-0.4, -0.2) is 35.4 Å². The molecule has 28 heavy (non-hydrogen) atoms. The minimum atomic E-state index is -3.31. The molecule has 0 atom stereocenters. The lowest BCUT2D eigenvalue weighted by Crippen LogP contribution is -1.98. The predicted octanol–water partition coefficient (Wildman–Crippen LogP) is 3.77. The topological polar surface area (TPSA) is 88.7 Å². The van der Waals surface area contributed by atoms with E-state index in [-0.39, 0.29) is 10.5 Å². The maximum absolute atomic E-state index is 11.8. The van der Waals surface area contributed by atoms with E-state index in [1.165, 1.54) is 6.07 Å². The molecule has 0 radical (unpaired) electrons. The van der Waals surface area contributed by atoms with Gasteiger partial charge in [0.05, 0.1) is 16.0 Å². The number of fused-ring (bicyclic) bond motifs is 1. The molecule has 140 valence electrons. The number of hydrogen-bond donors (Lipinski definition) is 1. The second kappa shape index (κ2) is 6.61. The lowest BCUT2D eigenvalue weighted by molar-refractivity contribution is 0.0697. The summed E-state index contributed by atoms with van der Waals surface area (Å²) in [7, 11) is -3.31. The van der Waals surface area contributed by atoms with E-state index in [1.807, 2.05) is 30.3 Å². The van der Waals surface area contributed by atoms with Crippen LogP contribution in [0.25, 0.3) is 27.9 Å². The van der Waals surface area contributed by atoms with Gasteiger partial charge < -0.3 is 5.11 Å². The predicted molar refractivity (Wildman–Crippen MR) is 106 cm³/mol. The molecule has 1 N–H and O–H groups in total. The Morgan fingerprint density at radius 2 is 1.64 bits per heavy atom. The summed E-state index contributed by atoms with van der Waals surface area (Å²) in [6.07, 6.45) is 2.77. The zero-order valence-corrected chi connectivity index (χ0v) is 15.7. The average Bonchev–Trinajstić information content (AvgIpc) is 3.06. The molecule has 0 spiro atoms. The Morgan fingerprint density at radius 3 is 2.25 bits per heavy atom. The molecule has 0 aliphatic heterocycles. The van der Waals surface area contributed by atoms with Crippen LogP contribution in [0.5, 0.6) is 0 Å². The first-order valence-corrected chi connectivity index (χ1v) is 10.4. The van der Waals surface area contributed by atoms with Crippen molar-refractivity contribution < 1.29 is 18.3 Å². The molecule has 0 fully saturated rings. The van der Waals surface area contributed by atoms with Crippen LogP contribution in [-0.2, 0) is 9.84 Å². The van der Waals surface area contributed by atoms with Crippen LogP contribution in [0, 0.1) is 0 Å². The van der Waals surface area contributed by atoms with Gasteiger partial charge >= 0.3 is 5.97 Å². The summed E-state index contributed by atoms with van der Waals surface area (Å²) >= 11 is 0. The van der Waals surface area contributed by atoms with E-state index in [1.54, 1.807) is 41.0 Å². The zero-order valence-electron chi connectivity index (χ0n) is 14.9. The van der Waals surface area contributed by atoms with Gasteiger partial charge in [0.25, 0.3) is 0 Å². The van der Waals surface area contributed by atoms with E-state index >= 15 is 0 Å². The highest BCUT2D eigenvalue weighted by molar-refractivity contribution is 7.90. The quantitative estimate of drug-likeness (QED) is 0.571. The zero-order chi connectivity index (χ0) is 19.9. The van der Waals surface area contributed by atoms with Crippen LogP contribution in [0.1, 0.15) is 10.4 Å². The third kappa shape index (κ3) is 3.16. The van der Waals surface area contributed by atoms with Crippen LogP contribution in [0.3, 0.4) is 0 Å². The summed E-state index contributed by atoms with van der Waals surface area (Å²) < 4.78 is 25.2. The minimum absolute atomic E-state index is 0.154. The normalized spacial score (nSPS) is 11.6. The van der Waals surface area contributed by atoms with Gasteiger partial charge in [-0.2, -0.15) is 5.10 Å². The van der Waals surface area contributed by atoms with Gasteiger partial charge in [0.1, 0.15) is 5.69 Å². The molecule has 4 aromatic rings. The van der Waals surface area contributed by atoms with Crippen LogP contribution < -0.4 is 0 Å². The highest BCUT2D eigenvalue weighted by atomic mass is 32.2. The Hall–Kier alpha value is -3.45. The number of aromatic carboxylic acids is 1. The van der Waals surface area contributed by atoms with E-state index in [0.717, 1.165) is 22.9 Å². The molecule has 0 aliphatic rings. The van der Waals surface area contributed by atoms with E-state index in [4.69, 9.17) is 0 Å². The Labute approximate surface area is 161 Å². The standard InChI is InChI=1S/C21H16N2O4S/c1-28(26,27)17-9-7-14(8-10-17)19-18-13-16(21(24)25)11-12-23(18)22-20(19)15-5-3-2-4-6-15/h2-13H,1H3,(H,24,25). The number of aromatic nitrogens is 2. The highest BCUT2D eigenvalue weighted by Crippen LogP contribution is 2.35. The second-order valence-electron chi connectivity index (χ2n) is 6.44. The fourth-order valence-electron chi connectivity index (χ4n) is 3.13. The molecule has 2 aromatic carbocycles. The van der Waals surface area contributed by atoms with Crippen molar-refractivity contribution in [1.29, 1.82) is 0 Å². The number of hydrogen-bond acceptors (Lipinski definition) is 4. The third-order valence-corrected chi connectivity index (χ3v) is 5.63. The molecule has 6 nitrogen and oxygen atoms in total. The van der Waals surface area contributed by atoms with Gasteiger partial charge in [0.15, 0.2) is 9.84 Å². The van der Waals surface area contributed by atoms with Crippen molar-refractivity contribution in [3.05, 3.63) is 78.5 Å². The average molecular weight is 392 g/mol. The Bertz CT molecular complexity index is 1290. The van der Waals surface area contributed by atoms with Crippen molar-refractivity contribution in [3.63, 3.8) is 0 Å². The van der Waals surface area contributed by atoms with Gasteiger partial charge in [-0.05, 0) is 29.8 Å². The molecule has 0 saturated heterocycles. The minimum Gasteiger partial charge on any atom is -0.478 e. The molecular weight excluding hydrogens is 376 g/mol. The first-order valence-electron chi connectivity index (χ1n) is 8.46. The maximum atomic E-state index is 11.8. The summed E-state index contributed by atoms with van der Waals surface area (Å²) in [6, 6.07) is 19.1. The van der Waals surface area contributed by atoms with Gasteiger partial charge in [-0.25, -0.2) is 17.7 Å². The van der Waals surface area contributed by atoms with Crippen LogP contribution >= 0.6 is 0 Å². The van der Waals surface area contributed by atoms with Gasteiger partial charge in [-0.3, -0.25) is 0 Å². The first kappa shape index (κ1) is 17.9. The number of carboxylic acids is 1. The first-order chi connectivity index (χ1) is 13.3. The lowest BCUT2D eigenvalue weighted by atomic mass is 9.99. The molecule has 2 heterocycles. The Morgan fingerprint density at radius 1 is 0.964 bits per heavy atom. The lowest BCUT2D eigenvalue weighted by Gasteiger charge is -2.06. The molecule has 2 aromatic heterocycles. The smallest absolute Gasteiger partial charge is 0.335 e. The van der Waals surface area contributed by atoms with E-state index < -0.39 is 15.8 Å². The molecule has 7 heteroatoms. The van der Waals surface area contributed by atoms with Gasteiger partial charge in [-0.15, -0.1) is 0 Å². The summed E-state index contributed by atoms with van der Waals surface area (Å²) in [5, 5.41) is 14.0. The van der Waals surface area contributed by atoms with E-state index in [0.29, 0.717) is 11.2 Å². The van der Waals surface area contributed by atoms with Crippen molar-refractivity contribution >= 4 is 21.3 Å². The number of sulfone groups is 1. The SMILES string of the molecule is CS(=O)(=O)c1ccc(-c2c(-c3ccccc3)nn3ccc(C(=O)O)cc23)cc1. The fraction of sp³-hybridized carbons (Fsp3) is 0.0476. The van der Waals surface area contributed by atoms with Crippen molar-refractivity contribution in [2.75, 3.05) is 6.26 Å². The monoisotopic (exact) mass is 392 g/mol. The fourth-order valence-corrected chi connectivity index (χ4v) is 3.76. The molecule has 0 bridgehead atoms. The number of pyridine rings is 1. The summed E-state index contributed by atoms with van der Waals surface area (Å²) in [5.74, 6) is -1.02. The van der Waals surface area contributed by atoms with Crippen molar-refractivity contribution in [2.24, 2.45) is 0 Å². The van der Waals surface area contributed by atoms with E-state index in [2.05, 4.69) is 5.10 Å². The number of carbonyl (C=O) groups is 1. The molecule has 0 saturated carbocycles. The molecule has 4 rings (SSSR count). The van der Waals surface area contributed by atoms with Crippen molar-refractivity contribution in [3.8, 4) is 22.4 Å². The number of nitrogens with zero attached hydrogens (tertiary/aromatic N) is 2. The largest absolute Gasteiger partial charge is 0.478 e. The highest BCUT2D eigenvalue weighted by Gasteiger charge is 2.18. The molecular formula is C21H16N2O4S. The van der Waals surface area contributed by atoms with Crippen molar-refractivity contribution in [1.82, 2.24) is 9.61 Å². The van der Waals surface area contributed by atoms with Gasteiger partial charge in [-0.1, -0.05) is 42.5 Å². The molecule has 0 aliphatic carbocycles. The van der Waals surface area contributed by atoms with Crippen molar-refractivity contribution in [2.45, 2.75) is 4.90 Å². The summed E-state index contributed by atoms with van der Waals surface area (Å²) in [6.45, 7) is 0. The number of rotatable bonds is 4. The number of carboxylic acid groups (broad SMARTS) is 1. The molecule has 0 amide bonds. The van der Waals surface area contributed by atoms with Gasteiger partial charge in [0, 0.05) is 23.6 Å². The van der Waals surface area contributed by atoms with Gasteiger partial charge in [0.2, 0.25) is 0 Å². The van der Waals surface area contributed by atoms with Crippen LogP contribution in [0.2, 0.25) is 0 Å². The second-order valence-corrected chi connectivity index (χ2v) is 8.45. The summed E-state index contributed by atoms with van der Waals surface area (Å²) in [4.78, 5) is 11.7. The van der Waals surface area contributed by atoms with Crippen LogP contribution in [0.15, 0.2) is 77.8 Å². The number of benzene rings is 2. The third-order valence-electron chi connectivity index (χ3n) is 4.50. The summed E-state index contributed by atoms with van der Waals surface area (Å²) in [5.41, 5.74) is 3.85.